The summed E-state index contributed by atoms with van der Waals surface area (Å²) in [4.78, 5) is 2.53. The van der Waals surface area contributed by atoms with Crippen molar-refractivity contribution >= 4 is 22.7 Å². The lowest BCUT2D eigenvalue weighted by Gasteiger charge is -2.08. The van der Waals surface area contributed by atoms with E-state index in [0.717, 1.165) is 0 Å². The van der Waals surface area contributed by atoms with Gasteiger partial charge in [-0.25, -0.2) is 0 Å². The van der Waals surface area contributed by atoms with Gasteiger partial charge in [-0.1, -0.05) is 0 Å². The number of hydrogen-bond donors (Lipinski definition) is 0. The zero-order valence-corrected chi connectivity index (χ0v) is 17.7. The predicted octanol–water partition coefficient (Wildman–Crippen LogP) is 3.59. The van der Waals surface area contributed by atoms with E-state index in [2.05, 4.69) is 22.9 Å². The molecule has 0 saturated carbocycles. The van der Waals surface area contributed by atoms with Gasteiger partial charge in [0.1, 0.15) is 0 Å². The fraction of sp³-hybridized carbons (Fsp3) is 0.600. The van der Waals surface area contributed by atoms with Crippen LogP contribution in [0.3, 0.4) is 0 Å². The van der Waals surface area contributed by atoms with Crippen LogP contribution < -0.4 is 0 Å². The Morgan fingerprint density at radius 2 is 0.786 bits per heavy atom. The minimum absolute atomic E-state index is 0.562. The van der Waals surface area contributed by atoms with Gasteiger partial charge in [-0.2, -0.15) is 0 Å². The van der Waals surface area contributed by atoms with Crippen LogP contribution in [0.25, 0.3) is 9.75 Å². The molecule has 1 aliphatic rings. The van der Waals surface area contributed by atoms with Gasteiger partial charge in [0, 0.05) is 9.75 Å². The molecule has 0 saturated heterocycles. The van der Waals surface area contributed by atoms with E-state index in [-0.39, 0.29) is 0 Å². The summed E-state index contributed by atoms with van der Waals surface area (Å²) < 4.78 is 33.3. The molecule has 0 amide bonds. The highest BCUT2D eigenvalue weighted by Crippen LogP contribution is 2.33. The molecule has 3 heterocycles. The largest absolute Gasteiger partial charge is 0.377 e. The van der Waals surface area contributed by atoms with Crippen molar-refractivity contribution in [1.82, 2.24) is 0 Å². The van der Waals surface area contributed by atoms with Crippen LogP contribution in [0.1, 0.15) is 11.1 Å². The number of rotatable bonds is 0. The molecular formula is C20H28O6S2. The SMILES string of the molecule is c1sc2cc1COCCOCCOCCOCCOCCOCc1csc-2c1. The maximum absolute atomic E-state index is 5.70. The van der Waals surface area contributed by atoms with E-state index in [1.165, 1.54) is 20.9 Å². The maximum Gasteiger partial charge on any atom is 0.0726 e. The summed E-state index contributed by atoms with van der Waals surface area (Å²) in [6.07, 6.45) is 0. The highest BCUT2D eigenvalue weighted by molar-refractivity contribution is 7.20. The third kappa shape index (κ3) is 8.26. The lowest BCUT2D eigenvalue weighted by molar-refractivity contribution is -0.0185. The topological polar surface area (TPSA) is 55.4 Å². The van der Waals surface area contributed by atoms with Crippen LogP contribution in [-0.4, -0.2) is 66.1 Å². The van der Waals surface area contributed by atoms with Crippen molar-refractivity contribution < 1.29 is 28.4 Å². The molecule has 0 aromatic carbocycles. The zero-order chi connectivity index (χ0) is 19.3. The Hall–Kier alpha value is -0.840. The summed E-state index contributed by atoms with van der Waals surface area (Å²) in [6, 6.07) is 4.40. The van der Waals surface area contributed by atoms with Crippen molar-refractivity contribution in [3.05, 3.63) is 34.0 Å². The highest BCUT2D eigenvalue weighted by Gasteiger charge is 2.07. The van der Waals surface area contributed by atoms with Gasteiger partial charge in [0.15, 0.2) is 0 Å². The first kappa shape index (κ1) is 21.9. The summed E-state index contributed by atoms with van der Waals surface area (Å²) in [7, 11) is 0. The smallest absolute Gasteiger partial charge is 0.0726 e. The van der Waals surface area contributed by atoms with Gasteiger partial charge < -0.3 is 28.4 Å². The van der Waals surface area contributed by atoms with Gasteiger partial charge in [-0.05, 0) is 34.0 Å². The van der Waals surface area contributed by atoms with E-state index in [1.807, 2.05) is 0 Å². The van der Waals surface area contributed by atoms with Gasteiger partial charge in [-0.3, -0.25) is 0 Å². The standard InChI is InChI=1S/C20H28O6S2/c1-2-22-4-6-24-8-10-26-14-18-12-20(28-16-18)19-11-17(15-27-19)13-25-9-7-23-5-3-21-1/h11-12,15-16H,1-10,13-14H2. The molecule has 6 nitrogen and oxygen atoms in total. The van der Waals surface area contributed by atoms with Crippen molar-refractivity contribution in [2.45, 2.75) is 13.2 Å². The first-order chi connectivity index (χ1) is 13.9. The monoisotopic (exact) mass is 428 g/mol. The van der Waals surface area contributed by atoms with Gasteiger partial charge in [0.05, 0.1) is 79.3 Å². The molecule has 0 N–H and O–H groups in total. The Labute approximate surface area is 174 Å². The van der Waals surface area contributed by atoms with Crippen molar-refractivity contribution in [3.63, 3.8) is 0 Å². The molecule has 0 unspecified atom stereocenters. The summed E-state index contributed by atoms with van der Waals surface area (Å²) >= 11 is 3.49. The van der Waals surface area contributed by atoms with E-state index in [4.69, 9.17) is 28.4 Å². The maximum atomic E-state index is 5.70. The molecule has 0 aliphatic carbocycles. The molecule has 4 bridgehead atoms. The van der Waals surface area contributed by atoms with Crippen molar-refractivity contribution in [3.8, 4) is 9.75 Å². The Kier molecular flexibility index (Phi) is 10.5. The zero-order valence-electron chi connectivity index (χ0n) is 16.1. The molecular weight excluding hydrogens is 400 g/mol. The molecule has 0 radical (unpaired) electrons. The molecule has 0 fully saturated rings. The quantitative estimate of drug-likeness (QED) is 0.639. The van der Waals surface area contributed by atoms with Crippen LogP contribution in [0.2, 0.25) is 0 Å². The number of ether oxygens (including phenoxy) is 6. The van der Waals surface area contributed by atoms with E-state index < -0.39 is 0 Å². The molecule has 1 aliphatic heterocycles. The van der Waals surface area contributed by atoms with Crippen LogP contribution >= 0.6 is 22.7 Å². The van der Waals surface area contributed by atoms with E-state index in [1.54, 1.807) is 22.7 Å². The van der Waals surface area contributed by atoms with E-state index >= 15 is 0 Å². The Morgan fingerprint density at radius 1 is 0.464 bits per heavy atom. The van der Waals surface area contributed by atoms with Crippen molar-refractivity contribution in [1.29, 1.82) is 0 Å². The highest BCUT2D eigenvalue weighted by atomic mass is 32.1. The van der Waals surface area contributed by atoms with Crippen LogP contribution in [0.15, 0.2) is 22.9 Å². The second kappa shape index (κ2) is 13.4. The minimum atomic E-state index is 0.562. The normalized spacial score (nSPS) is 19.7. The molecule has 0 spiro atoms. The van der Waals surface area contributed by atoms with Gasteiger partial charge >= 0.3 is 0 Å². The molecule has 156 valence electrons. The average molecular weight is 429 g/mol. The molecule has 2 aromatic heterocycles. The lowest BCUT2D eigenvalue weighted by atomic mass is 10.2. The number of hydrogen-bond acceptors (Lipinski definition) is 8. The molecule has 28 heavy (non-hydrogen) atoms. The Morgan fingerprint density at radius 3 is 1.14 bits per heavy atom. The van der Waals surface area contributed by atoms with Crippen molar-refractivity contribution in [2.24, 2.45) is 0 Å². The first-order valence-corrected chi connectivity index (χ1v) is 11.3. The average Bonchev–Trinajstić information content (AvgIpc) is 3.36. The second-order valence-corrected chi connectivity index (χ2v) is 8.02. The Bertz CT molecular complexity index is 600. The second-order valence-electron chi connectivity index (χ2n) is 6.19. The summed E-state index contributed by atoms with van der Waals surface area (Å²) in [6.45, 7) is 6.89. The Balaban J connectivity index is 1.46. The third-order valence-corrected chi connectivity index (χ3v) is 6.10. The number of thiophene rings is 2. The first-order valence-electron chi connectivity index (χ1n) is 9.53. The molecule has 3 rings (SSSR count). The molecule has 8 heteroatoms. The molecule has 2 aromatic rings. The number of fused-ring (bicyclic) bond motifs is 5. The van der Waals surface area contributed by atoms with E-state index in [0.29, 0.717) is 79.3 Å². The summed E-state index contributed by atoms with van der Waals surface area (Å²) in [5, 5.41) is 4.31. The summed E-state index contributed by atoms with van der Waals surface area (Å²) in [5.41, 5.74) is 2.39. The molecule has 0 atom stereocenters. The van der Waals surface area contributed by atoms with Gasteiger partial charge in [0.2, 0.25) is 0 Å². The fourth-order valence-electron chi connectivity index (χ4n) is 2.54. The van der Waals surface area contributed by atoms with Crippen LogP contribution in [0.5, 0.6) is 0 Å². The fourth-order valence-corrected chi connectivity index (χ4v) is 4.45. The predicted molar refractivity (Wildman–Crippen MR) is 110 cm³/mol. The van der Waals surface area contributed by atoms with Gasteiger partial charge in [-0.15, -0.1) is 22.7 Å². The van der Waals surface area contributed by atoms with Crippen LogP contribution in [0, 0.1) is 0 Å². The van der Waals surface area contributed by atoms with Crippen molar-refractivity contribution in [2.75, 3.05) is 66.1 Å². The minimum Gasteiger partial charge on any atom is -0.377 e. The van der Waals surface area contributed by atoms with Crippen LogP contribution in [-0.2, 0) is 41.6 Å². The third-order valence-electron chi connectivity index (χ3n) is 3.95. The van der Waals surface area contributed by atoms with Gasteiger partial charge in [0.25, 0.3) is 0 Å². The van der Waals surface area contributed by atoms with Crippen LogP contribution in [0.4, 0.5) is 0 Å². The van der Waals surface area contributed by atoms with E-state index in [9.17, 15) is 0 Å². The summed E-state index contributed by atoms with van der Waals surface area (Å²) in [5.74, 6) is 0. The lowest BCUT2D eigenvalue weighted by Crippen LogP contribution is -2.14.